The number of carbonyl (C=O) groups is 3. The second kappa shape index (κ2) is 8.96. The van der Waals surface area contributed by atoms with Crippen LogP contribution in [0.2, 0.25) is 5.02 Å². The van der Waals surface area contributed by atoms with Gasteiger partial charge in [-0.2, -0.15) is 0 Å². The zero-order valence-corrected chi connectivity index (χ0v) is 16.5. The molecule has 6 nitrogen and oxygen atoms in total. The normalized spacial score (nSPS) is 10.4. The van der Waals surface area contributed by atoms with E-state index in [2.05, 4.69) is 10.6 Å². The molecule has 0 aliphatic carbocycles. The van der Waals surface area contributed by atoms with Crippen LogP contribution in [0.15, 0.2) is 18.2 Å². The lowest BCUT2D eigenvalue weighted by molar-refractivity contribution is -0.114. The third-order valence-corrected chi connectivity index (χ3v) is 5.19. The molecular formula is C18H18ClFN2O4S. The Bertz CT molecular complexity index is 898. The number of esters is 1. The first-order chi connectivity index (χ1) is 12.7. The van der Waals surface area contributed by atoms with Crippen molar-refractivity contribution < 1.29 is 23.5 Å². The smallest absolute Gasteiger partial charge is 0.341 e. The fourth-order valence-corrected chi connectivity index (χ4v) is 3.71. The molecule has 1 heterocycles. The van der Waals surface area contributed by atoms with E-state index in [0.29, 0.717) is 16.1 Å². The Kier molecular flexibility index (Phi) is 6.92. The van der Waals surface area contributed by atoms with Crippen LogP contribution in [0.4, 0.5) is 15.1 Å². The minimum absolute atomic E-state index is 0.140. The Labute approximate surface area is 164 Å². The maximum absolute atomic E-state index is 13.1. The number of carbonyl (C=O) groups excluding carboxylic acids is 3. The summed E-state index contributed by atoms with van der Waals surface area (Å²) in [6.45, 7) is 4.69. The molecule has 144 valence electrons. The SMILES string of the molecule is CCOC(=O)c1c(NC(=O)CNc2ccc(F)cc2Cl)sc(C(C)=O)c1C. The Morgan fingerprint density at radius 3 is 2.59 bits per heavy atom. The number of anilines is 2. The molecule has 9 heteroatoms. The summed E-state index contributed by atoms with van der Waals surface area (Å²) in [5, 5.41) is 5.79. The van der Waals surface area contributed by atoms with E-state index in [-0.39, 0.29) is 34.5 Å². The fourth-order valence-electron chi connectivity index (χ4n) is 2.37. The Morgan fingerprint density at radius 2 is 2.00 bits per heavy atom. The Balaban J connectivity index is 2.17. The topological polar surface area (TPSA) is 84.5 Å². The summed E-state index contributed by atoms with van der Waals surface area (Å²) in [4.78, 5) is 36.6. The van der Waals surface area contributed by atoms with Gasteiger partial charge in [0.25, 0.3) is 0 Å². The molecule has 0 saturated carbocycles. The van der Waals surface area contributed by atoms with Gasteiger partial charge in [0.1, 0.15) is 10.8 Å². The molecule has 0 bridgehead atoms. The number of ether oxygens (including phenoxy) is 1. The van der Waals surface area contributed by atoms with Crippen LogP contribution >= 0.6 is 22.9 Å². The van der Waals surface area contributed by atoms with Gasteiger partial charge in [-0.05, 0) is 44.5 Å². The standard InChI is InChI=1S/C18H18ClFN2O4S/c1-4-26-18(25)15-9(2)16(10(3)23)27-17(15)22-14(24)8-21-13-6-5-11(20)7-12(13)19/h5-7,21H,4,8H2,1-3H3,(H,22,24). The molecule has 1 aromatic heterocycles. The third kappa shape index (κ3) is 5.05. The second-order valence-corrected chi connectivity index (χ2v) is 6.99. The van der Waals surface area contributed by atoms with Gasteiger partial charge >= 0.3 is 5.97 Å². The lowest BCUT2D eigenvalue weighted by Gasteiger charge is -2.10. The molecule has 0 unspecified atom stereocenters. The Morgan fingerprint density at radius 1 is 1.30 bits per heavy atom. The zero-order valence-electron chi connectivity index (χ0n) is 14.9. The minimum Gasteiger partial charge on any atom is -0.462 e. The first kappa shape index (κ1) is 20.9. The quantitative estimate of drug-likeness (QED) is 0.523. The van der Waals surface area contributed by atoms with Crippen molar-refractivity contribution >= 4 is 51.3 Å². The van der Waals surface area contributed by atoms with Gasteiger partial charge in [-0.3, -0.25) is 9.59 Å². The van der Waals surface area contributed by atoms with E-state index in [0.717, 1.165) is 17.4 Å². The average molecular weight is 413 g/mol. The number of ketones is 1. The van der Waals surface area contributed by atoms with E-state index in [1.165, 1.54) is 19.1 Å². The molecule has 27 heavy (non-hydrogen) atoms. The molecule has 0 radical (unpaired) electrons. The van der Waals surface area contributed by atoms with Crippen LogP contribution in [0.5, 0.6) is 0 Å². The number of hydrogen-bond donors (Lipinski definition) is 2. The van der Waals surface area contributed by atoms with Gasteiger partial charge in [0, 0.05) is 0 Å². The number of amides is 1. The van der Waals surface area contributed by atoms with E-state index in [1.54, 1.807) is 13.8 Å². The highest BCUT2D eigenvalue weighted by molar-refractivity contribution is 7.18. The molecule has 2 rings (SSSR count). The number of hydrogen-bond acceptors (Lipinski definition) is 6. The summed E-state index contributed by atoms with van der Waals surface area (Å²) in [6, 6.07) is 3.76. The molecule has 2 N–H and O–H groups in total. The van der Waals surface area contributed by atoms with E-state index in [1.807, 2.05) is 0 Å². The van der Waals surface area contributed by atoms with Crippen LogP contribution in [-0.4, -0.2) is 30.8 Å². The van der Waals surface area contributed by atoms with Gasteiger partial charge in [-0.1, -0.05) is 11.6 Å². The van der Waals surface area contributed by atoms with E-state index >= 15 is 0 Å². The number of benzene rings is 1. The van der Waals surface area contributed by atoms with Gasteiger partial charge in [0.05, 0.1) is 34.3 Å². The largest absolute Gasteiger partial charge is 0.462 e. The summed E-state index contributed by atoms with van der Waals surface area (Å²) >= 11 is 6.92. The molecule has 0 aliphatic heterocycles. The van der Waals surface area contributed by atoms with Crippen molar-refractivity contribution in [2.24, 2.45) is 0 Å². The first-order valence-corrected chi connectivity index (χ1v) is 9.24. The number of Topliss-reactive ketones (excluding diaryl/α,β-unsaturated/α-hetero) is 1. The van der Waals surface area contributed by atoms with Crippen LogP contribution in [0.1, 0.15) is 39.4 Å². The number of thiophene rings is 1. The molecule has 0 aliphatic rings. The van der Waals surface area contributed by atoms with Gasteiger partial charge in [-0.15, -0.1) is 11.3 Å². The molecule has 0 fully saturated rings. The van der Waals surface area contributed by atoms with Crippen LogP contribution in [0.3, 0.4) is 0 Å². The molecule has 0 atom stereocenters. The summed E-state index contributed by atoms with van der Waals surface area (Å²) in [5.74, 6) is -1.76. The van der Waals surface area contributed by atoms with E-state index in [9.17, 15) is 18.8 Å². The molecule has 1 aromatic carbocycles. The molecular weight excluding hydrogens is 395 g/mol. The van der Waals surface area contributed by atoms with Crippen molar-refractivity contribution in [1.82, 2.24) is 0 Å². The third-order valence-electron chi connectivity index (χ3n) is 3.57. The molecule has 1 amide bonds. The maximum atomic E-state index is 13.1. The van der Waals surface area contributed by atoms with Crippen molar-refractivity contribution in [2.75, 3.05) is 23.8 Å². The second-order valence-electron chi connectivity index (χ2n) is 5.56. The van der Waals surface area contributed by atoms with Gasteiger partial charge in [0.15, 0.2) is 5.78 Å². The van der Waals surface area contributed by atoms with Gasteiger partial charge in [-0.25, -0.2) is 9.18 Å². The number of rotatable bonds is 7. The predicted octanol–water partition coefficient (Wildman–Crippen LogP) is 4.28. The lowest BCUT2D eigenvalue weighted by atomic mass is 10.1. The van der Waals surface area contributed by atoms with Crippen molar-refractivity contribution in [1.29, 1.82) is 0 Å². The van der Waals surface area contributed by atoms with Crippen molar-refractivity contribution in [3.05, 3.63) is 45.0 Å². The molecule has 2 aromatic rings. The van der Waals surface area contributed by atoms with Crippen molar-refractivity contribution in [3.63, 3.8) is 0 Å². The van der Waals surface area contributed by atoms with Crippen LogP contribution in [0, 0.1) is 12.7 Å². The van der Waals surface area contributed by atoms with Gasteiger partial charge < -0.3 is 15.4 Å². The summed E-state index contributed by atoms with van der Waals surface area (Å²) < 4.78 is 18.1. The van der Waals surface area contributed by atoms with Gasteiger partial charge in [0.2, 0.25) is 5.91 Å². The van der Waals surface area contributed by atoms with Crippen LogP contribution in [-0.2, 0) is 9.53 Å². The first-order valence-electron chi connectivity index (χ1n) is 8.04. The van der Waals surface area contributed by atoms with Crippen molar-refractivity contribution in [3.8, 4) is 0 Å². The predicted molar refractivity (Wildman–Crippen MR) is 104 cm³/mol. The highest BCUT2D eigenvalue weighted by Gasteiger charge is 2.25. The molecule has 0 saturated heterocycles. The number of nitrogens with one attached hydrogen (secondary N) is 2. The van der Waals surface area contributed by atoms with E-state index in [4.69, 9.17) is 16.3 Å². The monoisotopic (exact) mass is 412 g/mol. The fraction of sp³-hybridized carbons (Fsp3) is 0.278. The van der Waals surface area contributed by atoms with E-state index < -0.39 is 17.7 Å². The highest BCUT2D eigenvalue weighted by Crippen LogP contribution is 2.34. The summed E-state index contributed by atoms with van der Waals surface area (Å²) in [5.41, 5.74) is 1.03. The van der Waals surface area contributed by atoms with Crippen molar-refractivity contribution in [2.45, 2.75) is 20.8 Å². The summed E-state index contributed by atoms with van der Waals surface area (Å²) in [6.07, 6.45) is 0. The zero-order chi connectivity index (χ0) is 20.1. The number of halogens is 2. The van der Waals surface area contributed by atoms with Crippen LogP contribution in [0.25, 0.3) is 0 Å². The lowest BCUT2D eigenvalue weighted by Crippen LogP contribution is -2.22. The Hall–Kier alpha value is -2.45. The minimum atomic E-state index is -0.608. The summed E-state index contributed by atoms with van der Waals surface area (Å²) in [7, 11) is 0. The molecule has 0 spiro atoms. The average Bonchev–Trinajstić information content (AvgIpc) is 2.90. The highest BCUT2D eigenvalue weighted by atomic mass is 35.5. The maximum Gasteiger partial charge on any atom is 0.341 e. The van der Waals surface area contributed by atoms with Crippen LogP contribution < -0.4 is 10.6 Å².